The Morgan fingerprint density at radius 2 is 1.91 bits per heavy atom. The van der Waals surface area contributed by atoms with Gasteiger partial charge >= 0.3 is 0 Å². The maximum atomic E-state index is 12.2. The van der Waals surface area contributed by atoms with Crippen LogP contribution in [0.1, 0.15) is 17.5 Å². The molecule has 0 aliphatic heterocycles. The molecule has 3 nitrogen and oxygen atoms in total. The zero-order valence-electron chi connectivity index (χ0n) is 13.0. The van der Waals surface area contributed by atoms with Gasteiger partial charge in [-0.1, -0.05) is 35.9 Å². The zero-order valence-corrected chi connectivity index (χ0v) is 13.0. The second kappa shape index (κ2) is 6.06. The van der Waals surface area contributed by atoms with Gasteiger partial charge in [0.15, 0.2) is 0 Å². The highest BCUT2D eigenvalue weighted by Crippen LogP contribution is 2.17. The predicted molar refractivity (Wildman–Crippen MR) is 91.1 cm³/mol. The third-order valence-electron chi connectivity index (χ3n) is 3.92. The van der Waals surface area contributed by atoms with Crippen molar-refractivity contribution >= 4 is 22.5 Å². The van der Waals surface area contributed by atoms with Gasteiger partial charge in [0.05, 0.1) is 0 Å². The fourth-order valence-corrected chi connectivity index (χ4v) is 2.72. The number of aromatic nitrogens is 1. The molecule has 0 atom stereocenters. The van der Waals surface area contributed by atoms with Crippen molar-refractivity contribution in [3.05, 3.63) is 65.9 Å². The first-order valence-corrected chi connectivity index (χ1v) is 7.54. The molecule has 112 valence electrons. The second-order valence-corrected chi connectivity index (χ2v) is 5.68. The molecule has 0 radical (unpaired) electrons. The Morgan fingerprint density at radius 3 is 2.73 bits per heavy atom. The molecule has 1 amide bonds. The molecule has 3 heteroatoms. The van der Waals surface area contributed by atoms with Gasteiger partial charge in [0.25, 0.3) is 0 Å². The molecular formula is C19H20N2O. The van der Waals surface area contributed by atoms with E-state index in [0.717, 1.165) is 11.3 Å². The molecule has 0 unspecified atom stereocenters. The summed E-state index contributed by atoms with van der Waals surface area (Å²) in [4.78, 5) is 12.2. The summed E-state index contributed by atoms with van der Waals surface area (Å²) in [6.07, 6.45) is 2.50. The molecule has 0 aliphatic carbocycles. The van der Waals surface area contributed by atoms with E-state index in [4.69, 9.17) is 0 Å². The van der Waals surface area contributed by atoms with Crippen LogP contribution in [0.2, 0.25) is 0 Å². The monoisotopic (exact) mass is 292 g/mol. The maximum Gasteiger partial charge on any atom is 0.226 e. The molecule has 0 spiro atoms. The van der Waals surface area contributed by atoms with Gasteiger partial charge in [-0.3, -0.25) is 4.79 Å². The number of anilines is 1. The van der Waals surface area contributed by atoms with Gasteiger partial charge in [0, 0.05) is 30.4 Å². The molecule has 0 saturated heterocycles. The van der Waals surface area contributed by atoms with E-state index in [9.17, 15) is 4.79 Å². The van der Waals surface area contributed by atoms with E-state index >= 15 is 0 Å². The smallest absolute Gasteiger partial charge is 0.226 e. The summed E-state index contributed by atoms with van der Waals surface area (Å²) in [6.45, 7) is 4.75. The molecular weight excluding hydrogens is 272 g/mol. The largest absolute Gasteiger partial charge is 0.347 e. The molecule has 3 aromatic rings. The fourth-order valence-electron chi connectivity index (χ4n) is 2.72. The van der Waals surface area contributed by atoms with Crippen LogP contribution in [0.15, 0.2) is 54.7 Å². The van der Waals surface area contributed by atoms with E-state index in [1.165, 1.54) is 16.5 Å². The number of nitrogens with one attached hydrogen (secondary N) is 1. The molecule has 22 heavy (non-hydrogen) atoms. The molecule has 1 aromatic heterocycles. The number of fused-ring (bicyclic) bond motifs is 1. The first-order valence-electron chi connectivity index (χ1n) is 7.54. The fraction of sp³-hybridized carbons (Fsp3) is 0.211. The predicted octanol–water partition coefficient (Wildman–Crippen LogP) is 4.29. The Kier molecular flexibility index (Phi) is 3.96. The van der Waals surface area contributed by atoms with Gasteiger partial charge < -0.3 is 9.88 Å². The number of carbonyl (C=O) groups is 1. The van der Waals surface area contributed by atoms with Crippen molar-refractivity contribution in [3.8, 4) is 0 Å². The minimum atomic E-state index is 0.0461. The van der Waals surface area contributed by atoms with E-state index in [0.29, 0.717) is 13.0 Å². The van der Waals surface area contributed by atoms with Crippen molar-refractivity contribution in [2.75, 3.05) is 5.32 Å². The van der Waals surface area contributed by atoms with Gasteiger partial charge in [0.1, 0.15) is 0 Å². The molecule has 0 bridgehead atoms. The van der Waals surface area contributed by atoms with Crippen molar-refractivity contribution < 1.29 is 4.79 Å². The SMILES string of the molecule is Cc1ccc(NC(=O)CCn2ccc3ccccc32)c(C)c1. The Labute approximate surface area is 130 Å². The average Bonchev–Trinajstić information content (AvgIpc) is 2.91. The highest BCUT2D eigenvalue weighted by molar-refractivity contribution is 5.91. The zero-order chi connectivity index (χ0) is 15.5. The van der Waals surface area contributed by atoms with Crippen molar-refractivity contribution in [1.29, 1.82) is 0 Å². The van der Waals surface area contributed by atoms with E-state index in [2.05, 4.69) is 41.1 Å². The Balaban J connectivity index is 1.65. The minimum Gasteiger partial charge on any atom is -0.347 e. The lowest BCUT2D eigenvalue weighted by Crippen LogP contribution is -2.15. The van der Waals surface area contributed by atoms with Gasteiger partial charge in [0.2, 0.25) is 5.91 Å². The average molecular weight is 292 g/mol. The lowest BCUT2D eigenvalue weighted by Gasteiger charge is -2.10. The number of carbonyl (C=O) groups excluding carboxylic acids is 1. The number of rotatable bonds is 4. The van der Waals surface area contributed by atoms with E-state index in [-0.39, 0.29) is 5.91 Å². The first-order chi connectivity index (χ1) is 10.6. The second-order valence-electron chi connectivity index (χ2n) is 5.68. The number of amides is 1. The molecule has 3 rings (SSSR count). The van der Waals surface area contributed by atoms with Crippen LogP contribution < -0.4 is 5.32 Å². The molecule has 0 aliphatic rings. The van der Waals surface area contributed by atoms with Gasteiger partial charge in [-0.05, 0) is 43.0 Å². The lowest BCUT2D eigenvalue weighted by atomic mass is 10.1. The van der Waals surface area contributed by atoms with E-state index in [1.54, 1.807) is 0 Å². The van der Waals surface area contributed by atoms with Crippen LogP contribution in [-0.4, -0.2) is 10.5 Å². The topological polar surface area (TPSA) is 34.0 Å². The number of para-hydroxylation sites is 1. The lowest BCUT2D eigenvalue weighted by molar-refractivity contribution is -0.116. The number of aryl methyl sites for hydroxylation is 3. The standard InChI is InChI=1S/C19H20N2O/c1-14-7-8-17(15(2)13-14)20-19(22)10-12-21-11-9-16-5-3-4-6-18(16)21/h3-9,11,13H,10,12H2,1-2H3,(H,20,22). The van der Waals surface area contributed by atoms with Crippen LogP contribution in [0, 0.1) is 13.8 Å². The van der Waals surface area contributed by atoms with E-state index < -0.39 is 0 Å². The van der Waals surface area contributed by atoms with Crippen LogP contribution in [0.5, 0.6) is 0 Å². The number of hydrogen-bond acceptors (Lipinski definition) is 1. The summed E-state index contributed by atoms with van der Waals surface area (Å²) in [7, 11) is 0. The third-order valence-corrected chi connectivity index (χ3v) is 3.92. The Hall–Kier alpha value is -2.55. The van der Waals surface area contributed by atoms with Crippen molar-refractivity contribution in [1.82, 2.24) is 4.57 Å². The van der Waals surface area contributed by atoms with Crippen LogP contribution in [-0.2, 0) is 11.3 Å². The maximum absolute atomic E-state index is 12.2. The van der Waals surface area contributed by atoms with Gasteiger partial charge in [-0.25, -0.2) is 0 Å². The summed E-state index contributed by atoms with van der Waals surface area (Å²) in [5.41, 5.74) is 4.36. The van der Waals surface area contributed by atoms with Gasteiger partial charge in [-0.2, -0.15) is 0 Å². The number of nitrogens with zero attached hydrogens (tertiary/aromatic N) is 1. The summed E-state index contributed by atoms with van der Waals surface area (Å²) < 4.78 is 2.12. The first kappa shape index (κ1) is 14.4. The Morgan fingerprint density at radius 1 is 1.09 bits per heavy atom. The van der Waals surface area contributed by atoms with Crippen molar-refractivity contribution in [2.24, 2.45) is 0 Å². The molecule has 0 saturated carbocycles. The highest BCUT2D eigenvalue weighted by Gasteiger charge is 2.06. The third kappa shape index (κ3) is 3.03. The quantitative estimate of drug-likeness (QED) is 0.765. The van der Waals surface area contributed by atoms with Crippen LogP contribution in [0.25, 0.3) is 10.9 Å². The minimum absolute atomic E-state index is 0.0461. The summed E-state index contributed by atoms with van der Waals surface area (Å²) in [5, 5.41) is 4.20. The molecule has 0 fully saturated rings. The molecule has 2 aromatic carbocycles. The van der Waals surface area contributed by atoms with Crippen molar-refractivity contribution in [2.45, 2.75) is 26.8 Å². The normalized spacial score (nSPS) is 10.8. The van der Waals surface area contributed by atoms with Crippen LogP contribution in [0.4, 0.5) is 5.69 Å². The van der Waals surface area contributed by atoms with Crippen molar-refractivity contribution in [3.63, 3.8) is 0 Å². The van der Waals surface area contributed by atoms with E-state index in [1.807, 2.05) is 37.4 Å². The number of hydrogen-bond donors (Lipinski definition) is 1. The summed E-state index contributed by atoms with van der Waals surface area (Å²) in [5.74, 6) is 0.0461. The molecule has 1 heterocycles. The Bertz CT molecular complexity index is 817. The highest BCUT2D eigenvalue weighted by atomic mass is 16.1. The molecule has 1 N–H and O–H groups in total. The van der Waals surface area contributed by atoms with Gasteiger partial charge in [-0.15, -0.1) is 0 Å². The van der Waals surface area contributed by atoms with Crippen LogP contribution >= 0.6 is 0 Å². The summed E-state index contributed by atoms with van der Waals surface area (Å²) >= 11 is 0. The number of benzene rings is 2. The summed E-state index contributed by atoms with van der Waals surface area (Å²) in [6, 6.07) is 16.4. The van der Waals surface area contributed by atoms with Crippen LogP contribution in [0.3, 0.4) is 0 Å².